The molecule has 0 bridgehead atoms. The van der Waals surface area contributed by atoms with Crippen LogP contribution in [0.4, 0.5) is 5.69 Å². The van der Waals surface area contributed by atoms with Crippen LogP contribution in [0.5, 0.6) is 0 Å². The molecule has 0 unspecified atom stereocenters. The fourth-order valence-electron chi connectivity index (χ4n) is 1.89. The van der Waals surface area contributed by atoms with Gasteiger partial charge in [-0.3, -0.25) is 14.9 Å². The molecule has 5 nitrogen and oxygen atoms in total. The van der Waals surface area contributed by atoms with Crippen LogP contribution in [0.1, 0.15) is 21.5 Å². The molecule has 0 saturated heterocycles. The van der Waals surface area contributed by atoms with E-state index in [9.17, 15) is 14.9 Å². The molecule has 0 atom stereocenters. The Bertz CT molecular complexity index is 766. The summed E-state index contributed by atoms with van der Waals surface area (Å²) in [5.41, 5.74) is 0.843. The summed E-state index contributed by atoms with van der Waals surface area (Å²) in [5, 5.41) is 19.9. The zero-order valence-corrected chi connectivity index (χ0v) is 11.5. The summed E-state index contributed by atoms with van der Waals surface area (Å²) in [6.07, 6.45) is -0.0371. The number of nitrogens with zero attached hydrogens (tertiary/aromatic N) is 2. The summed E-state index contributed by atoms with van der Waals surface area (Å²) < 4.78 is 0. The molecule has 0 aliphatic rings. The number of hydrogen-bond donors (Lipinski definition) is 0. The number of benzene rings is 2. The highest BCUT2D eigenvalue weighted by atomic mass is 35.5. The third-order valence-electron chi connectivity index (χ3n) is 2.95. The number of ketones is 1. The number of rotatable bonds is 4. The first-order valence-electron chi connectivity index (χ1n) is 5.98. The quantitative estimate of drug-likeness (QED) is 0.491. The fourth-order valence-corrected chi connectivity index (χ4v) is 2.12. The van der Waals surface area contributed by atoms with E-state index in [2.05, 4.69) is 0 Å². The highest BCUT2D eigenvalue weighted by Gasteiger charge is 2.17. The summed E-state index contributed by atoms with van der Waals surface area (Å²) in [6, 6.07) is 12.4. The standard InChI is InChI=1S/C15H9ClN2O3/c16-14-6-5-12(18(20)21)8-13(14)15(19)7-10-3-1-2-4-11(10)9-17/h1-6,8H,7H2. The maximum absolute atomic E-state index is 12.3. The zero-order valence-electron chi connectivity index (χ0n) is 10.7. The van der Waals surface area contributed by atoms with Crippen LogP contribution in [0, 0.1) is 21.4 Å². The third-order valence-corrected chi connectivity index (χ3v) is 3.28. The molecule has 0 aliphatic carbocycles. The van der Waals surface area contributed by atoms with Gasteiger partial charge in [0.05, 0.1) is 21.6 Å². The minimum atomic E-state index is -0.587. The summed E-state index contributed by atoms with van der Waals surface area (Å²) in [6.45, 7) is 0. The van der Waals surface area contributed by atoms with Crippen LogP contribution < -0.4 is 0 Å². The molecule has 2 aromatic carbocycles. The average Bonchev–Trinajstić information content (AvgIpc) is 2.47. The SMILES string of the molecule is N#Cc1ccccc1CC(=O)c1cc([N+](=O)[O-])ccc1Cl. The Kier molecular flexibility index (Phi) is 4.31. The largest absolute Gasteiger partial charge is 0.294 e. The Morgan fingerprint density at radius 2 is 2.00 bits per heavy atom. The second-order valence-electron chi connectivity index (χ2n) is 4.29. The normalized spacial score (nSPS) is 9.90. The molecule has 2 rings (SSSR count). The van der Waals surface area contributed by atoms with Crippen molar-refractivity contribution >= 4 is 23.1 Å². The van der Waals surface area contributed by atoms with Gasteiger partial charge in [-0.25, -0.2) is 0 Å². The van der Waals surface area contributed by atoms with Crippen LogP contribution in [0.2, 0.25) is 5.02 Å². The van der Waals surface area contributed by atoms with Crippen molar-refractivity contribution in [2.75, 3.05) is 0 Å². The van der Waals surface area contributed by atoms with Crippen molar-refractivity contribution in [2.24, 2.45) is 0 Å². The first kappa shape index (κ1) is 14.7. The van der Waals surface area contributed by atoms with Gasteiger partial charge in [0.1, 0.15) is 0 Å². The van der Waals surface area contributed by atoms with E-state index in [1.807, 2.05) is 6.07 Å². The first-order valence-corrected chi connectivity index (χ1v) is 6.36. The molecule has 0 aromatic heterocycles. The molecule has 0 spiro atoms. The van der Waals surface area contributed by atoms with Crippen molar-refractivity contribution in [1.29, 1.82) is 5.26 Å². The van der Waals surface area contributed by atoms with E-state index in [1.165, 1.54) is 12.1 Å². The number of Topliss-reactive ketones (excluding diaryl/α,β-unsaturated/α-hetero) is 1. The summed E-state index contributed by atoms with van der Waals surface area (Å²) in [5.74, 6) is -0.369. The van der Waals surface area contributed by atoms with Crippen LogP contribution in [0.15, 0.2) is 42.5 Å². The number of hydrogen-bond acceptors (Lipinski definition) is 4. The average molecular weight is 301 g/mol. The Morgan fingerprint density at radius 3 is 2.67 bits per heavy atom. The van der Waals surface area contributed by atoms with Gasteiger partial charge in [0.2, 0.25) is 0 Å². The molecule has 0 radical (unpaired) electrons. The predicted octanol–water partition coefficient (Wildman–Crippen LogP) is 3.55. The number of nitriles is 1. The topological polar surface area (TPSA) is 84.0 Å². The number of carbonyl (C=O) groups excluding carboxylic acids is 1. The van der Waals surface area contributed by atoms with E-state index < -0.39 is 4.92 Å². The van der Waals surface area contributed by atoms with Crippen molar-refractivity contribution in [3.63, 3.8) is 0 Å². The van der Waals surface area contributed by atoms with Gasteiger partial charge in [0.15, 0.2) is 5.78 Å². The molecule has 0 fully saturated rings. The second kappa shape index (κ2) is 6.16. The molecular formula is C15H9ClN2O3. The Labute approximate surface area is 125 Å². The lowest BCUT2D eigenvalue weighted by Crippen LogP contribution is -2.06. The lowest BCUT2D eigenvalue weighted by atomic mass is 9.99. The maximum Gasteiger partial charge on any atom is 0.270 e. The van der Waals surface area contributed by atoms with E-state index in [-0.39, 0.29) is 28.5 Å². The minimum Gasteiger partial charge on any atom is -0.294 e. The third kappa shape index (κ3) is 3.25. The first-order chi connectivity index (χ1) is 10.0. The van der Waals surface area contributed by atoms with E-state index in [0.29, 0.717) is 11.1 Å². The van der Waals surface area contributed by atoms with E-state index in [1.54, 1.807) is 24.3 Å². The molecule has 6 heteroatoms. The predicted molar refractivity (Wildman–Crippen MR) is 77.3 cm³/mol. The van der Waals surface area contributed by atoms with Crippen molar-refractivity contribution in [3.8, 4) is 6.07 Å². The summed E-state index contributed by atoms with van der Waals surface area (Å²) in [4.78, 5) is 22.4. The monoisotopic (exact) mass is 300 g/mol. The van der Waals surface area contributed by atoms with Crippen LogP contribution >= 0.6 is 11.6 Å². The summed E-state index contributed by atoms with van der Waals surface area (Å²) >= 11 is 5.93. The maximum atomic E-state index is 12.3. The smallest absolute Gasteiger partial charge is 0.270 e. The van der Waals surface area contributed by atoms with Gasteiger partial charge in [0, 0.05) is 24.1 Å². The van der Waals surface area contributed by atoms with Crippen molar-refractivity contribution in [2.45, 2.75) is 6.42 Å². The van der Waals surface area contributed by atoms with Gasteiger partial charge in [0.25, 0.3) is 5.69 Å². The van der Waals surface area contributed by atoms with Crippen LogP contribution in [0.25, 0.3) is 0 Å². The second-order valence-corrected chi connectivity index (χ2v) is 4.70. The van der Waals surface area contributed by atoms with Crippen LogP contribution in [-0.2, 0) is 6.42 Å². The van der Waals surface area contributed by atoms with E-state index >= 15 is 0 Å². The van der Waals surface area contributed by atoms with Gasteiger partial charge >= 0.3 is 0 Å². The van der Waals surface area contributed by atoms with E-state index in [0.717, 1.165) is 6.07 Å². The Balaban J connectivity index is 2.35. The van der Waals surface area contributed by atoms with Gasteiger partial charge < -0.3 is 0 Å². The number of carbonyl (C=O) groups is 1. The molecule has 0 heterocycles. The Morgan fingerprint density at radius 1 is 1.29 bits per heavy atom. The van der Waals surface area contributed by atoms with Gasteiger partial charge in [-0.2, -0.15) is 5.26 Å². The van der Waals surface area contributed by atoms with E-state index in [4.69, 9.17) is 16.9 Å². The molecule has 0 saturated carbocycles. The Hall–Kier alpha value is -2.71. The lowest BCUT2D eigenvalue weighted by molar-refractivity contribution is -0.384. The number of non-ortho nitro benzene ring substituents is 1. The zero-order chi connectivity index (χ0) is 15.4. The van der Waals surface area contributed by atoms with Crippen molar-refractivity contribution in [1.82, 2.24) is 0 Å². The number of nitro benzene ring substituents is 1. The highest BCUT2D eigenvalue weighted by molar-refractivity contribution is 6.34. The fraction of sp³-hybridized carbons (Fsp3) is 0.0667. The molecular weight excluding hydrogens is 292 g/mol. The number of nitro groups is 1. The lowest BCUT2D eigenvalue weighted by Gasteiger charge is -2.05. The van der Waals surface area contributed by atoms with Crippen molar-refractivity contribution in [3.05, 3.63) is 74.3 Å². The molecule has 104 valence electrons. The minimum absolute atomic E-state index is 0.0371. The highest BCUT2D eigenvalue weighted by Crippen LogP contribution is 2.24. The molecule has 0 aliphatic heterocycles. The molecule has 2 aromatic rings. The van der Waals surface area contributed by atoms with Gasteiger partial charge in [-0.15, -0.1) is 0 Å². The van der Waals surface area contributed by atoms with Gasteiger partial charge in [-0.05, 0) is 17.7 Å². The molecule has 0 amide bonds. The summed E-state index contributed by atoms with van der Waals surface area (Å²) in [7, 11) is 0. The molecule has 0 N–H and O–H groups in total. The van der Waals surface area contributed by atoms with Crippen LogP contribution in [-0.4, -0.2) is 10.7 Å². The van der Waals surface area contributed by atoms with Crippen LogP contribution in [0.3, 0.4) is 0 Å². The molecule has 21 heavy (non-hydrogen) atoms. The number of halogens is 1. The van der Waals surface area contributed by atoms with Gasteiger partial charge in [-0.1, -0.05) is 29.8 Å². The van der Waals surface area contributed by atoms with Crippen molar-refractivity contribution < 1.29 is 9.72 Å².